The van der Waals surface area contributed by atoms with Crippen LogP contribution in [0.5, 0.6) is 0 Å². The van der Waals surface area contributed by atoms with E-state index in [1.165, 1.54) is 11.3 Å². The van der Waals surface area contributed by atoms with Crippen molar-refractivity contribution in [1.29, 1.82) is 5.26 Å². The minimum atomic E-state index is -0.388. The van der Waals surface area contributed by atoms with Crippen molar-refractivity contribution in [1.82, 2.24) is 10.2 Å². The van der Waals surface area contributed by atoms with E-state index >= 15 is 0 Å². The zero-order valence-corrected chi connectivity index (χ0v) is 11.1. The second-order valence-electron chi connectivity index (χ2n) is 4.80. The molecule has 1 fully saturated rings. The van der Waals surface area contributed by atoms with E-state index in [4.69, 9.17) is 5.26 Å². The molecular formula is C13H13N3O2S. The van der Waals surface area contributed by atoms with Crippen molar-refractivity contribution in [2.24, 2.45) is 0 Å². The van der Waals surface area contributed by atoms with Crippen LogP contribution < -0.4 is 5.32 Å². The third-order valence-electron chi connectivity index (χ3n) is 3.68. The SMILES string of the molecule is N#Cc1csc2c1CN(C1CCCCNC1=O)C2=O. The van der Waals surface area contributed by atoms with Gasteiger partial charge in [0, 0.05) is 24.0 Å². The first-order valence-electron chi connectivity index (χ1n) is 6.31. The summed E-state index contributed by atoms with van der Waals surface area (Å²) in [5.74, 6) is -0.178. The zero-order valence-electron chi connectivity index (χ0n) is 10.3. The summed E-state index contributed by atoms with van der Waals surface area (Å²) in [7, 11) is 0. The highest BCUT2D eigenvalue weighted by Crippen LogP contribution is 2.33. The molecule has 1 aromatic heterocycles. The van der Waals surface area contributed by atoms with Gasteiger partial charge in [0.25, 0.3) is 5.91 Å². The summed E-state index contributed by atoms with van der Waals surface area (Å²) in [6.45, 7) is 1.07. The van der Waals surface area contributed by atoms with Gasteiger partial charge in [-0.2, -0.15) is 5.26 Å². The molecule has 5 nitrogen and oxygen atoms in total. The Morgan fingerprint density at radius 2 is 2.26 bits per heavy atom. The van der Waals surface area contributed by atoms with Gasteiger partial charge in [0.05, 0.1) is 10.4 Å². The smallest absolute Gasteiger partial charge is 0.265 e. The number of amides is 2. The Labute approximate surface area is 114 Å². The second-order valence-corrected chi connectivity index (χ2v) is 5.68. The Kier molecular flexibility index (Phi) is 2.99. The predicted octanol–water partition coefficient (Wildman–Crippen LogP) is 1.24. The van der Waals surface area contributed by atoms with E-state index < -0.39 is 0 Å². The number of nitriles is 1. The highest BCUT2D eigenvalue weighted by atomic mass is 32.1. The largest absolute Gasteiger partial charge is 0.354 e. The van der Waals surface area contributed by atoms with E-state index in [0.717, 1.165) is 18.4 Å². The number of carbonyl (C=O) groups excluding carboxylic acids is 2. The van der Waals surface area contributed by atoms with Crippen LogP contribution >= 0.6 is 11.3 Å². The Morgan fingerprint density at radius 3 is 3.05 bits per heavy atom. The molecule has 0 aromatic carbocycles. The van der Waals surface area contributed by atoms with Gasteiger partial charge in [-0.3, -0.25) is 9.59 Å². The average Bonchev–Trinajstić information content (AvgIpc) is 2.87. The van der Waals surface area contributed by atoms with Crippen molar-refractivity contribution in [2.75, 3.05) is 6.54 Å². The minimum Gasteiger partial charge on any atom is -0.354 e. The first kappa shape index (κ1) is 12.2. The molecule has 98 valence electrons. The molecular weight excluding hydrogens is 262 g/mol. The fourth-order valence-electron chi connectivity index (χ4n) is 2.66. The summed E-state index contributed by atoms with van der Waals surface area (Å²) in [6.07, 6.45) is 2.59. The quantitative estimate of drug-likeness (QED) is 0.838. The summed E-state index contributed by atoms with van der Waals surface area (Å²) in [5, 5.41) is 13.6. The molecule has 0 aliphatic carbocycles. The van der Waals surface area contributed by atoms with Crippen molar-refractivity contribution >= 4 is 23.2 Å². The van der Waals surface area contributed by atoms with Crippen molar-refractivity contribution in [3.05, 3.63) is 21.4 Å². The lowest BCUT2D eigenvalue weighted by atomic mass is 10.1. The van der Waals surface area contributed by atoms with Crippen molar-refractivity contribution in [3.8, 4) is 6.07 Å². The number of fused-ring (bicyclic) bond motifs is 1. The summed E-state index contributed by atoms with van der Waals surface area (Å²) >= 11 is 1.30. The number of nitrogens with one attached hydrogen (secondary N) is 1. The van der Waals surface area contributed by atoms with Gasteiger partial charge >= 0.3 is 0 Å². The molecule has 1 N–H and O–H groups in total. The Balaban J connectivity index is 1.88. The van der Waals surface area contributed by atoms with E-state index in [9.17, 15) is 9.59 Å². The van der Waals surface area contributed by atoms with Crippen LogP contribution in [0.3, 0.4) is 0 Å². The minimum absolute atomic E-state index is 0.0699. The van der Waals surface area contributed by atoms with Crippen LogP contribution in [-0.2, 0) is 11.3 Å². The van der Waals surface area contributed by atoms with Crippen molar-refractivity contribution in [2.45, 2.75) is 31.8 Å². The van der Waals surface area contributed by atoms with E-state index in [0.29, 0.717) is 30.0 Å². The third-order valence-corrected chi connectivity index (χ3v) is 4.69. The highest BCUT2D eigenvalue weighted by Gasteiger charge is 2.38. The molecule has 0 saturated carbocycles. The molecule has 6 heteroatoms. The maximum Gasteiger partial charge on any atom is 0.265 e. The van der Waals surface area contributed by atoms with Gasteiger partial charge in [-0.25, -0.2) is 0 Å². The molecule has 2 aliphatic heterocycles. The van der Waals surface area contributed by atoms with E-state index in [1.54, 1.807) is 10.3 Å². The monoisotopic (exact) mass is 275 g/mol. The van der Waals surface area contributed by atoms with Crippen molar-refractivity contribution in [3.63, 3.8) is 0 Å². The summed E-state index contributed by atoms with van der Waals surface area (Å²) < 4.78 is 0. The Bertz CT molecular complexity index is 587. The molecule has 1 unspecified atom stereocenters. The molecule has 2 aliphatic rings. The van der Waals surface area contributed by atoms with Crippen molar-refractivity contribution < 1.29 is 9.59 Å². The fraction of sp³-hybridized carbons (Fsp3) is 0.462. The van der Waals surface area contributed by atoms with Crippen LogP contribution in [-0.4, -0.2) is 29.3 Å². The van der Waals surface area contributed by atoms with E-state index in [2.05, 4.69) is 11.4 Å². The molecule has 0 spiro atoms. The van der Waals surface area contributed by atoms with E-state index in [-0.39, 0.29) is 17.9 Å². The fourth-order valence-corrected chi connectivity index (χ4v) is 3.62. The van der Waals surface area contributed by atoms with Gasteiger partial charge in [-0.1, -0.05) is 0 Å². The van der Waals surface area contributed by atoms with Crippen LogP contribution in [0.2, 0.25) is 0 Å². The maximum absolute atomic E-state index is 12.3. The topological polar surface area (TPSA) is 73.2 Å². The van der Waals surface area contributed by atoms with Gasteiger partial charge in [-0.15, -0.1) is 11.3 Å². The van der Waals surface area contributed by atoms with Crippen LogP contribution in [0.1, 0.15) is 40.1 Å². The number of thiophene rings is 1. The van der Waals surface area contributed by atoms with E-state index in [1.807, 2.05) is 0 Å². The number of rotatable bonds is 1. The first-order chi connectivity index (χ1) is 9.22. The van der Waals surface area contributed by atoms with Gasteiger partial charge in [-0.05, 0) is 19.3 Å². The van der Waals surface area contributed by atoms with Gasteiger partial charge in [0.15, 0.2) is 0 Å². The normalized spacial score (nSPS) is 22.7. The number of hydrogen-bond donors (Lipinski definition) is 1. The number of nitrogens with zero attached hydrogens (tertiary/aromatic N) is 2. The lowest BCUT2D eigenvalue weighted by Gasteiger charge is -2.25. The lowest BCUT2D eigenvalue weighted by Crippen LogP contribution is -2.45. The van der Waals surface area contributed by atoms with Crippen LogP contribution in [0.4, 0.5) is 0 Å². The predicted molar refractivity (Wildman–Crippen MR) is 69.6 cm³/mol. The van der Waals surface area contributed by atoms with Crippen LogP contribution in [0.25, 0.3) is 0 Å². The lowest BCUT2D eigenvalue weighted by molar-refractivity contribution is -0.125. The summed E-state index contributed by atoms with van der Waals surface area (Å²) in [5.41, 5.74) is 1.35. The average molecular weight is 275 g/mol. The molecule has 3 heterocycles. The molecule has 19 heavy (non-hydrogen) atoms. The molecule has 1 atom stereocenters. The number of carbonyl (C=O) groups is 2. The Hall–Kier alpha value is -1.87. The molecule has 0 bridgehead atoms. The number of hydrogen-bond acceptors (Lipinski definition) is 4. The van der Waals surface area contributed by atoms with Crippen LogP contribution in [0, 0.1) is 11.3 Å². The van der Waals surface area contributed by atoms with Gasteiger partial charge < -0.3 is 10.2 Å². The Morgan fingerprint density at radius 1 is 1.42 bits per heavy atom. The van der Waals surface area contributed by atoms with Gasteiger partial charge in [0.1, 0.15) is 12.1 Å². The molecule has 1 saturated heterocycles. The van der Waals surface area contributed by atoms with Gasteiger partial charge in [0.2, 0.25) is 5.91 Å². The molecule has 0 radical (unpaired) electrons. The zero-order chi connectivity index (χ0) is 13.4. The first-order valence-corrected chi connectivity index (χ1v) is 7.19. The summed E-state index contributed by atoms with van der Waals surface area (Å²) in [6, 6.07) is 1.72. The third kappa shape index (κ3) is 1.90. The molecule has 2 amide bonds. The maximum atomic E-state index is 12.3. The highest BCUT2D eigenvalue weighted by molar-refractivity contribution is 7.12. The summed E-state index contributed by atoms with van der Waals surface area (Å²) in [4.78, 5) is 26.6. The molecule has 1 aromatic rings. The molecule has 3 rings (SSSR count). The van der Waals surface area contributed by atoms with Crippen LogP contribution in [0.15, 0.2) is 5.38 Å². The standard InChI is InChI=1S/C13H13N3O2S/c14-5-8-7-19-11-9(8)6-16(13(11)18)10-3-1-2-4-15-12(10)17/h7,10H,1-4,6H2,(H,15,17). The second kappa shape index (κ2) is 4.67.